The van der Waals surface area contributed by atoms with E-state index in [4.69, 9.17) is 0 Å². The van der Waals surface area contributed by atoms with Crippen LogP contribution in [0, 0.1) is 0 Å². The molecule has 2 aromatic heterocycles. The maximum atomic E-state index is 12.6. The summed E-state index contributed by atoms with van der Waals surface area (Å²) < 4.78 is 37.9. The lowest BCUT2D eigenvalue weighted by Crippen LogP contribution is -2.07. The molecule has 6 heteroatoms. The summed E-state index contributed by atoms with van der Waals surface area (Å²) in [4.78, 5) is 7.60. The highest BCUT2D eigenvalue weighted by atomic mass is 19.4. The molecule has 0 spiro atoms. The van der Waals surface area contributed by atoms with Crippen molar-refractivity contribution in [2.45, 2.75) is 25.4 Å². The molecule has 0 fully saturated rings. The minimum atomic E-state index is -4.42. The van der Waals surface area contributed by atoms with Gasteiger partial charge in [0.1, 0.15) is 5.69 Å². The zero-order valence-corrected chi connectivity index (χ0v) is 11.6. The molecule has 0 aliphatic heterocycles. The van der Waals surface area contributed by atoms with E-state index in [9.17, 15) is 13.2 Å². The predicted octanol–water partition coefficient (Wildman–Crippen LogP) is 3.23. The van der Waals surface area contributed by atoms with Crippen LogP contribution in [0.15, 0.2) is 30.6 Å². The normalized spacial score (nSPS) is 13.4. The molecule has 0 saturated heterocycles. The standard InChI is InChI=1S/C14H11F3N2.CH5N/c15-14(16,17)13-7-10(4-5-18-13)12-6-9-2-1-3-11(9)8-19-12;1-2/h4-8H,1-3H2;2H2,1H3. The van der Waals surface area contributed by atoms with Gasteiger partial charge in [-0.05, 0) is 55.6 Å². The number of hydrogen-bond acceptors (Lipinski definition) is 3. The summed E-state index contributed by atoms with van der Waals surface area (Å²) in [6.45, 7) is 0. The molecular formula is C15H16F3N3. The van der Waals surface area contributed by atoms with Crippen LogP contribution < -0.4 is 5.73 Å². The number of pyridine rings is 2. The summed E-state index contributed by atoms with van der Waals surface area (Å²) in [6, 6.07) is 4.49. The largest absolute Gasteiger partial charge is 0.433 e. The van der Waals surface area contributed by atoms with Gasteiger partial charge in [-0.1, -0.05) is 0 Å². The van der Waals surface area contributed by atoms with Crippen LogP contribution in [-0.4, -0.2) is 17.0 Å². The fraction of sp³-hybridized carbons (Fsp3) is 0.333. The van der Waals surface area contributed by atoms with E-state index in [1.165, 1.54) is 24.4 Å². The lowest BCUT2D eigenvalue weighted by Gasteiger charge is -2.08. The van der Waals surface area contributed by atoms with Gasteiger partial charge in [0.2, 0.25) is 0 Å². The number of nitrogens with zero attached hydrogens (tertiary/aromatic N) is 2. The first kappa shape index (κ1) is 15.4. The molecule has 0 unspecified atom stereocenters. The highest BCUT2D eigenvalue weighted by Gasteiger charge is 2.32. The molecule has 0 bridgehead atoms. The van der Waals surface area contributed by atoms with Crippen LogP contribution in [0.2, 0.25) is 0 Å². The van der Waals surface area contributed by atoms with Crippen LogP contribution in [0.1, 0.15) is 23.2 Å². The number of aryl methyl sites for hydroxylation is 2. The monoisotopic (exact) mass is 295 g/mol. The molecule has 2 N–H and O–H groups in total. The lowest BCUT2D eigenvalue weighted by molar-refractivity contribution is -0.141. The van der Waals surface area contributed by atoms with E-state index in [0.29, 0.717) is 11.3 Å². The Morgan fingerprint density at radius 2 is 1.76 bits per heavy atom. The number of rotatable bonds is 1. The van der Waals surface area contributed by atoms with Crippen LogP contribution in [0.25, 0.3) is 11.3 Å². The van der Waals surface area contributed by atoms with E-state index >= 15 is 0 Å². The third-order valence-corrected chi connectivity index (χ3v) is 3.32. The quantitative estimate of drug-likeness (QED) is 0.878. The topological polar surface area (TPSA) is 51.8 Å². The van der Waals surface area contributed by atoms with Gasteiger partial charge in [-0.25, -0.2) is 0 Å². The molecule has 112 valence electrons. The summed E-state index contributed by atoms with van der Waals surface area (Å²) in [6.07, 6.45) is 1.59. The zero-order chi connectivity index (χ0) is 15.5. The van der Waals surface area contributed by atoms with Crippen molar-refractivity contribution in [3.63, 3.8) is 0 Å². The Morgan fingerprint density at radius 1 is 1.05 bits per heavy atom. The van der Waals surface area contributed by atoms with Crippen molar-refractivity contribution in [1.29, 1.82) is 0 Å². The lowest BCUT2D eigenvalue weighted by atomic mass is 10.1. The Hall–Kier alpha value is -1.95. The number of nitrogens with two attached hydrogens (primary N) is 1. The highest BCUT2D eigenvalue weighted by Crippen LogP contribution is 2.31. The number of hydrogen-bond donors (Lipinski definition) is 1. The Morgan fingerprint density at radius 3 is 2.48 bits per heavy atom. The predicted molar refractivity (Wildman–Crippen MR) is 74.6 cm³/mol. The molecule has 0 aromatic carbocycles. The smallest absolute Gasteiger partial charge is 0.333 e. The van der Waals surface area contributed by atoms with E-state index in [1.807, 2.05) is 6.07 Å². The van der Waals surface area contributed by atoms with Crippen molar-refractivity contribution in [2.24, 2.45) is 5.73 Å². The average Bonchev–Trinajstić information content (AvgIpc) is 2.96. The molecule has 2 aromatic rings. The van der Waals surface area contributed by atoms with Crippen molar-refractivity contribution in [3.8, 4) is 11.3 Å². The van der Waals surface area contributed by atoms with Gasteiger partial charge >= 0.3 is 6.18 Å². The van der Waals surface area contributed by atoms with Crippen molar-refractivity contribution >= 4 is 0 Å². The van der Waals surface area contributed by atoms with Gasteiger partial charge in [-0.2, -0.15) is 13.2 Å². The molecule has 1 aliphatic carbocycles. The third kappa shape index (κ3) is 3.39. The van der Waals surface area contributed by atoms with Crippen LogP contribution in [0.5, 0.6) is 0 Å². The molecule has 1 aliphatic rings. The summed E-state index contributed by atoms with van der Waals surface area (Å²) in [5.41, 5.74) is 7.04. The van der Waals surface area contributed by atoms with E-state index in [1.54, 1.807) is 12.3 Å². The molecule has 3 nitrogen and oxygen atoms in total. The van der Waals surface area contributed by atoms with Gasteiger partial charge < -0.3 is 5.73 Å². The highest BCUT2D eigenvalue weighted by molar-refractivity contribution is 5.60. The summed E-state index contributed by atoms with van der Waals surface area (Å²) in [5, 5.41) is 0. The first-order valence-electron chi connectivity index (χ1n) is 6.63. The molecule has 0 radical (unpaired) electrons. The first-order chi connectivity index (χ1) is 10.0. The average molecular weight is 295 g/mol. The van der Waals surface area contributed by atoms with Gasteiger partial charge in [0.15, 0.2) is 0 Å². The van der Waals surface area contributed by atoms with Crippen molar-refractivity contribution in [1.82, 2.24) is 9.97 Å². The van der Waals surface area contributed by atoms with E-state index in [0.717, 1.165) is 25.3 Å². The van der Waals surface area contributed by atoms with Crippen LogP contribution in [0.4, 0.5) is 13.2 Å². The van der Waals surface area contributed by atoms with Crippen molar-refractivity contribution in [3.05, 3.63) is 47.4 Å². The minimum absolute atomic E-state index is 0.456. The Bertz CT molecular complexity index is 624. The van der Waals surface area contributed by atoms with Crippen LogP contribution >= 0.6 is 0 Å². The second-order valence-electron chi connectivity index (χ2n) is 4.62. The van der Waals surface area contributed by atoms with Gasteiger partial charge in [0, 0.05) is 18.0 Å². The number of alkyl halides is 3. The minimum Gasteiger partial charge on any atom is -0.333 e. The molecule has 0 atom stereocenters. The molecule has 2 heterocycles. The maximum absolute atomic E-state index is 12.6. The number of halogens is 3. The van der Waals surface area contributed by atoms with Crippen molar-refractivity contribution in [2.75, 3.05) is 7.05 Å². The molecule has 21 heavy (non-hydrogen) atoms. The molecule has 3 rings (SSSR count). The van der Waals surface area contributed by atoms with Crippen molar-refractivity contribution < 1.29 is 13.2 Å². The summed E-state index contributed by atoms with van der Waals surface area (Å²) in [7, 11) is 1.50. The Kier molecular flexibility index (Phi) is 4.57. The second kappa shape index (κ2) is 6.22. The van der Waals surface area contributed by atoms with Crippen LogP contribution in [-0.2, 0) is 19.0 Å². The van der Waals surface area contributed by atoms with E-state index in [2.05, 4.69) is 15.7 Å². The van der Waals surface area contributed by atoms with Gasteiger partial charge in [-0.15, -0.1) is 0 Å². The Labute approximate surface area is 121 Å². The summed E-state index contributed by atoms with van der Waals surface area (Å²) in [5.74, 6) is 0. The first-order valence-corrected chi connectivity index (χ1v) is 6.63. The van der Waals surface area contributed by atoms with E-state index in [-0.39, 0.29) is 0 Å². The molecule has 0 amide bonds. The number of fused-ring (bicyclic) bond motifs is 1. The molecule has 0 saturated carbocycles. The Balaban J connectivity index is 0.000000774. The number of aromatic nitrogens is 2. The fourth-order valence-corrected chi connectivity index (χ4v) is 2.36. The van der Waals surface area contributed by atoms with E-state index < -0.39 is 11.9 Å². The van der Waals surface area contributed by atoms with Gasteiger partial charge in [0.25, 0.3) is 0 Å². The van der Waals surface area contributed by atoms with Crippen LogP contribution in [0.3, 0.4) is 0 Å². The summed E-state index contributed by atoms with van der Waals surface area (Å²) >= 11 is 0. The second-order valence-corrected chi connectivity index (χ2v) is 4.62. The third-order valence-electron chi connectivity index (χ3n) is 3.32. The maximum Gasteiger partial charge on any atom is 0.433 e. The molecular weight excluding hydrogens is 279 g/mol. The zero-order valence-electron chi connectivity index (χ0n) is 11.6. The SMILES string of the molecule is CN.FC(F)(F)c1cc(-c2cc3c(cn2)CCC3)ccn1. The van der Waals surface area contributed by atoms with Gasteiger partial charge in [0.05, 0.1) is 5.69 Å². The fourth-order valence-electron chi connectivity index (χ4n) is 2.36. The van der Waals surface area contributed by atoms with Gasteiger partial charge in [-0.3, -0.25) is 9.97 Å².